The van der Waals surface area contributed by atoms with Crippen LogP contribution in [0, 0.1) is 37.5 Å². The van der Waals surface area contributed by atoms with Crippen molar-refractivity contribution in [3.8, 4) is 23.7 Å². The summed E-state index contributed by atoms with van der Waals surface area (Å²) in [5.74, 6) is 10.7. The minimum atomic E-state index is -0.590. The molecule has 3 rings (SSSR count). The topological polar surface area (TPSA) is 103 Å². The lowest BCUT2D eigenvalue weighted by atomic mass is 10.1. The highest BCUT2D eigenvalue weighted by molar-refractivity contribution is 5.90. The number of methoxy groups -OCH3 is 1. The largest absolute Gasteiger partial charge is 0.465 e. The number of aryl methyl sites for hydroxylation is 2. The summed E-state index contributed by atoms with van der Waals surface area (Å²) in [5.41, 5.74) is 5.40. The summed E-state index contributed by atoms with van der Waals surface area (Å²) in [4.78, 5) is 36.0. The number of amides is 2. The molecule has 2 amide bonds. The van der Waals surface area contributed by atoms with Crippen LogP contribution in [0.15, 0.2) is 66.7 Å². The molecule has 3 aromatic rings. The predicted molar refractivity (Wildman–Crippen MR) is 150 cm³/mol. The van der Waals surface area contributed by atoms with Gasteiger partial charge in [-0.25, -0.2) is 14.4 Å². The lowest BCUT2D eigenvalue weighted by Crippen LogP contribution is -2.23. The Bertz CT molecular complexity index is 1350. The van der Waals surface area contributed by atoms with Gasteiger partial charge in [-0.05, 0) is 43.2 Å². The third-order valence-corrected chi connectivity index (χ3v) is 5.49. The van der Waals surface area contributed by atoms with Gasteiger partial charge in [0.1, 0.15) is 0 Å². The van der Waals surface area contributed by atoms with Gasteiger partial charge in [0.2, 0.25) is 0 Å². The molecule has 0 aliphatic carbocycles. The van der Waals surface area contributed by atoms with E-state index >= 15 is 0 Å². The van der Waals surface area contributed by atoms with Crippen LogP contribution in [0.2, 0.25) is 0 Å². The summed E-state index contributed by atoms with van der Waals surface area (Å²) in [6.07, 6.45) is -1.18. The number of esters is 1. The molecule has 0 heterocycles. The molecule has 2 N–H and O–H groups in total. The van der Waals surface area contributed by atoms with E-state index in [1.165, 1.54) is 7.11 Å². The predicted octanol–water partition coefficient (Wildman–Crippen LogP) is 4.65. The first-order valence-electron chi connectivity index (χ1n) is 12.5. The molecule has 0 radical (unpaired) electrons. The van der Waals surface area contributed by atoms with Gasteiger partial charge in [-0.2, -0.15) is 0 Å². The zero-order valence-electron chi connectivity index (χ0n) is 22.6. The Morgan fingerprint density at radius 2 is 1.10 bits per heavy atom. The van der Waals surface area contributed by atoms with E-state index in [-0.39, 0.29) is 18.8 Å². The molecule has 0 saturated heterocycles. The van der Waals surface area contributed by atoms with Crippen molar-refractivity contribution >= 4 is 18.2 Å². The van der Waals surface area contributed by atoms with E-state index in [4.69, 9.17) is 14.2 Å². The number of hydrogen-bond acceptors (Lipinski definition) is 6. The Morgan fingerprint density at radius 1 is 0.675 bits per heavy atom. The van der Waals surface area contributed by atoms with Gasteiger partial charge >= 0.3 is 18.2 Å². The molecule has 204 valence electrons. The second-order valence-corrected chi connectivity index (χ2v) is 8.72. The fraction of sp³-hybridized carbons (Fsp3) is 0.219. The second kappa shape index (κ2) is 15.3. The lowest BCUT2D eigenvalue weighted by Gasteiger charge is -2.05. The Hall–Kier alpha value is -5.21. The Labute approximate surface area is 234 Å². The van der Waals surface area contributed by atoms with Crippen molar-refractivity contribution in [2.75, 3.05) is 20.3 Å². The van der Waals surface area contributed by atoms with Crippen molar-refractivity contribution in [1.82, 2.24) is 10.6 Å². The molecular weight excluding hydrogens is 508 g/mol. The minimum Gasteiger partial charge on any atom is -0.465 e. The zero-order chi connectivity index (χ0) is 28.7. The first-order valence-corrected chi connectivity index (χ1v) is 12.5. The summed E-state index contributed by atoms with van der Waals surface area (Å²) in [5, 5.41) is 5.33. The molecule has 0 aromatic heterocycles. The van der Waals surface area contributed by atoms with E-state index in [0.29, 0.717) is 24.2 Å². The number of hydrogen-bond donors (Lipinski definition) is 2. The quantitative estimate of drug-likeness (QED) is 0.258. The summed E-state index contributed by atoms with van der Waals surface area (Å²) in [7, 11) is 1.28. The molecule has 0 aliphatic rings. The summed E-state index contributed by atoms with van der Waals surface area (Å²) >= 11 is 0. The number of nitrogens with one attached hydrogen (secondary N) is 2. The van der Waals surface area contributed by atoms with E-state index in [1.807, 2.05) is 62.4 Å². The third kappa shape index (κ3) is 10.3. The molecule has 8 nitrogen and oxygen atoms in total. The Kier molecular flexibility index (Phi) is 11.2. The minimum absolute atomic E-state index is 0.144. The molecule has 3 aromatic carbocycles. The van der Waals surface area contributed by atoms with Crippen LogP contribution in [0.3, 0.4) is 0 Å². The molecule has 0 atom stereocenters. The van der Waals surface area contributed by atoms with Crippen LogP contribution in [0.5, 0.6) is 0 Å². The molecule has 8 heteroatoms. The molecule has 0 bridgehead atoms. The lowest BCUT2D eigenvalue weighted by molar-refractivity contribution is 0.0600. The van der Waals surface area contributed by atoms with Gasteiger partial charge < -0.3 is 24.8 Å². The van der Waals surface area contributed by atoms with Crippen LogP contribution >= 0.6 is 0 Å². The monoisotopic (exact) mass is 538 g/mol. The number of carbonyl (C=O) groups is 3. The Morgan fingerprint density at radius 3 is 1.50 bits per heavy atom. The fourth-order valence-electron chi connectivity index (χ4n) is 3.35. The van der Waals surface area contributed by atoms with Crippen molar-refractivity contribution in [2.45, 2.75) is 26.9 Å². The average Bonchev–Trinajstić information content (AvgIpc) is 2.96. The van der Waals surface area contributed by atoms with Crippen molar-refractivity contribution in [2.24, 2.45) is 0 Å². The van der Waals surface area contributed by atoms with Crippen molar-refractivity contribution in [3.63, 3.8) is 0 Å². The van der Waals surface area contributed by atoms with Crippen molar-refractivity contribution in [1.29, 1.82) is 0 Å². The number of carbonyl (C=O) groups excluding carboxylic acids is 3. The first kappa shape index (κ1) is 29.3. The second-order valence-electron chi connectivity index (χ2n) is 8.72. The fourth-order valence-corrected chi connectivity index (χ4v) is 3.35. The molecule has 0 aliphatic heterocycles. The van der Waals surface area contributed by atoms with Crippen LogP contribution < -0.4 is 10.6 Å². The van der Waals surface area contributed by atoms with Crippen LogP contribution in [-0.4, -0.2) is 38.5 Å². The van der Waals surface area contributed by atoms with Gasteiger partial charge in [-0.1, -0.05) is 83.3 Å². The standard InChI is InChI=1S/C32H30N2O6/c1-23-8-12-25(13-9-23)21-33-31(36)39-16-4-6-27-18-28(20-29(19-27)30(35)38-3)7-5-17-40-32(37)34-22-26-14-10-24(2)11-15-26/h8-15,18-20H,16-17,21-22H2,1-3H3,(H,33,36)(H,34,37). The van der Waals surface area contributed by atoms with E-state index in [1.54, 1.807) is 18.2 Å². The number of benzene rings is 3. The maximum absolute atomic E-state index is 12.1. The average molecular weight is 539 g/mol. The first-order chi connectivity index (χ1) is 19.3. The number of ether oxygens (including phenoxy) is 3. The van der Waals surface area contributed by atoms with Gasteiger partial charge in [-0.3, -0.25) is 0 Å². The van der Waals surface area contributed by atoms with E-state index in [9.17, 15) is 14.4 Å². The zero-order valence-corrected chi connectivity index (χ0v) is 22.6. The van der Waals surface area contributed by atoms with E-state index in [0.717, 1.165) is 22.3 Å². The number of rotatable bonds is 7. The van der Waals surface area contributed by atoms with Gasteiger partial charge in [0.25, 0.3) is 0 Å². The molecule has 40 heavy (non-hydrogen) atoms. The smallest absolute Gasteiger partial charge is 0.408 e. The SMILES string of the molecule is COC(=O)c1cc(C#CCOC(=O)NCc2ccc(C)cc2)cc(C#CCOC(=O)NCc2ccc(C)cc2)c1. The van der Waals surface area contributed by atoms with Crippen LogP contribution in [-0.2, 0) is 27.3 Å². The Balaban J connectivity index is 1.52. The summed E-state index contributed by atoms with van der Waals surface area (Å²) in [6.45, 7) is 4.38. The summed E-state index contributed by atoms with van der Waals surface area (Å²) in [6, 6.07) is 20.3. The highest BCUT2D eigenvalue weighted by Gasteiger charge is 2.08. The molecule has 0 unspecified atom stereocenters. The van der Waals surface area contributed by atoms with Crippen LogP contribution in [0.4, 0.5) is 9.59 Å². The highest BCUT2D eigenvalue weighted by atomic mass is 16.6. The molecule has 0 saturated carbocycles. The maximum Gasteiger partial charge on any atom is 0.408 e. The van der Waals surface area contributed by atoms with E-state index in [2.05, 4.69) is 34.3 Å². The molecule has 0 spiro atoms. The van der Waals surface area contributed by atoms with Crippen molar-refractivity contribution in [3.05, 3.63) is 106 Å². The van der Waals surface area contributed by atoms with Gasteiger partial charge in [0, 0.05) is 24.2 Å². The van der Waals surface area contributed by atoms with Crippen LogP contribution in [0.1, 0.15) is 43.7 Å². The highest BCUT2D eigenvalue weighted by Crippen LogP contribution is 2.11. The van der Waals surface area contributed by atoms with Gasteiger partial charge in [0.05, 0.1) is 12.7 Å². The van der Waals surface area contributed by atoms with Gasteiger partial charge in [0.15, 0.2) is 13.2 Å². The van der Waals surface area contributed by atoms with Crippen LogP contribution in [0.25, 0.3) is 0 Å². The number of alkyl carbamates (subject to hydrolysis) is 2. The third-order valence-electron chi connectivity index (χ3n) is 5.49. The molecular formula is C32H30N2O6. The van der Waals surface area contributed by atoms with E-state index < -0.39 is 18.2 Å². The summed E-state index contributed by atoms with van der Waals surface area (Å²) < 4.78 is 15.0. The normalized spacial score (nSPS) is 9.68. The maximum atomic E-state index is 12.1. The van der Waals surface area contributed by atoms with Gasteiger partial charge in [-0.15, -0.1) is 0 Å². The molecule has 0 fully saturated rings. The van der Waals surface area contributed by atoms with Crippen molar-refractivity contribution < 1.29 is 28.6 Å².